The molecule has 7 rings (SSSR count). The van der Waals surface area contributed by atoms with Crippen molar-refractivity contribution in [3.05, 3.63) is 89.5 Å². The van der Waals surface area contributed by atoms with Gasteiger partial charge < -0.3 is 28.7 Å². The molecule has 0 aliphatic carbocycles. The van der Waals surface area contributed by atoms with Crippen molar-refractivity contribution in [1.29, 1.82) is 0 Å². The van der Waals surface area contributed by atoms with Crippen LogP contribution in [0.4, 0.5) is 0 Å². The molecule has 4 aliphatic heterocycles. The zero-order valence-electron chi connectivity index (χ0n) is 21.9. The Morgan fingerprint density at radius 3 is 2.46 bits per heavy atom. The summed E-state index contributed by atoms with van der Waals surface area (Å²) in [6, 6.07) is 23.5. The van der Waals surface area contributed by atoms with E-state index < -0.39 is 5.60 Å². The first-order chi connectivity index (χ1) is 19.0. The first kappa shape index (κ1) is 24.0. The molecule has 8 nitrogen and oxygen atoms in total. The number of rotatable bonds is 5. The van der Waals surface area contributed by atoms with E-state index in [1.807, 2.05) is 70.5 Å². The number of ether oxygens (including phenoxy) is 4. The smallest absolute Gasteiger partial charge is 0.259 e. The Morgan fingerprint density at radius 2 is 1.74 bits per heavy atom. The molecule has 1 spiro atoms. The van der Waals surface area contributed by atoms with E-state index in [2.05, 4.69) is 12.1 Å². The maximum absolute atomic E-state index is 14.4. The third kappa shape index (κ3) is 3.69. The number of fused-ring (bicyclic) bond motifs is 2. The van der Waals surface area contributed by atoms with Gasteiger partial charge in [0.05, 0.1) is 19.2 Å². The lowest BCUT2D eigenvalue weighted by Gasteiger charge is -2.44. The molecule has 0 N–H and O–H groups in total. The van der Waals surface area contributed by atoms with Gasteiger partial charge in [0.25, 0.3) is 5.91 Å². The Morgan fingerprint density at radius 1 is 1.00 bits per heavy atom. The monoisotopic (exact) mass is 526 g/mol. The molecule has 3 fully saturated rings. The number of hydrogen-bond acceptors (Lipinski definition) is 6. The van der Waals surface area contributed by atoms with Crippen LogP contribution in [0.1, 0.15) is 35.6 Å². The molecule has 5 atom stereocenters. The van der Waals surface area contributed by atoms with E-state index in [4.69, 9.17) is 18.9 Å². The zero-order chi connectivity index (χ0) is 26.7. The van der Waals surface area contributed by atoms with Gasteiger partial charge in [-0.2, -0.15) is 0 Å². The largest absolute Gasteiger partial charge is 0.493 e. The molecule has 3 saturated heterocycles. The first-order valence-electron chi connectivity index (χ1n) is 13.3. The molecular formula is C31H30N2O6. The Kier molecular flexibility index (Phi) is 5.56. The van der Waals surface area contributed by atoms with Gasteiger partial charge in [-0.1, -0.05) is 60.7 Å². The summed E-state index contributed by atoms with van der Waals surface area (Å²) in [6.07, 6.45) is 0.298. The maximum atomic E-state index is 14.4. The van der Waals surface area contributed by atoms with Crippen molar-refractivity contribution >= 4 is 11.8 Å². The van der Waals surface area contributed by atoms with Crippen molar-refractivity contribution in [2.45, 2.75) is 43.1 Å². The van der Waals surface area contributed by atoms with Crippen LogP contribution in [0.2, 0.25) is 0 Å². The van der Waals surface area contributed by atoms with E-state index >= 15 is 0 Å². The Balaban J connectivity index is 1.32. The topological polar surface area (TPSA) is 80.8 Å². The van der Waals surface area contributed by atoms with Crippen LogP contribution >= 0.6 is 0 Å². The normalized spacial score (nSPS) is 28.5. The summed E-state index contributed by atoms with van der Waals surface area (Å²) < 4.78 is 23.5. The highest BCUT2D eigenvalue weighted by Crippen LogP contribution is 2.64. The van der Waals surface area contributed by atoms with Gasteiger partial charge in [-0.3, -0.25) is 9.59 Å². The van der Waals surface area contributed by atoms with Crippen LogP contribution in [0.3, 0.4) is 0 Å². The quantitative estimate of drug-likeness (QED) is 0.472. The molecule has 8 heteroatoms. The predicted molar refractivity (Wildman–Crippen MR) is 142 cm³/mol. The minimum absolute atomic E-state index is 0.00215. The number of carbonyl (C=O) groups excluding carboxylic acids is 2. The number of nitrogens with zero attached hydrogens (tertiary/aromatic N) is 2. The molecule has 0 radical (unpaired) electrons. The summed E-state index contributed by atoms with van der Waals surface area (Å²) in [6.45, 7) is 2.59. The third-order valence-corrected chi connectivity index (χ3v) is 8.58. The molecular weight excluding hydrogens is 496 g/mol. The van der Waals surface area contributed by atoms with Gasteiger partial charge in [-0.05, 0) is 35.2 Å². The zero-order valence-corrected chi connectivity index (χ0v) is 21.9. The van der Waals surface area contributed by atoms with E-state index in [9.17, 15) is 9.59 Å². The lowest BCUT2D eigenvalue weighted by molar-refractivity contribution is -0.142. The molecule has 4 aliphatic rings. The average molecular weight is 527 g/mol. The molecule has 4 heterocycles. The standard InChI is InChI=1S/C31H30N2O6/c1-19(34)32-17-24-27(22-14-25(36-2)28-26(15-22)37-18-38-28)31(29(39-31)21-11-7-4-8-12-21)30(35)33(24)16-23(32)13-20-9-5-3-6-10-20/h3-12,14-15,23-24,27,29H,13,16-18H2,1-2H3/t23-,24+,27+,29-,31+/m0/s1. The van der Waals surface area contributed by atoms with Gasteiger partial charge in [-0.15, -0.1) is 0 Å². The van der Waals surface area contributed by atoms with E-state index in [1.54, 1.807) is 14.0 Å². The van der Waals surface area contributed by atoms with Gasteiger partial charge in [0, 0.05) is 25.9 Å². The first-order valence-corrected chi connectivity index (χ1v) is 13.3. The van der Waals surface area contributed by atoms with Crippen molar-refractivity contribution in [1.82, 2.24) is 9.80 Å². The Labute approximate surface area is 227 Å². The number of hydrogen-bond donors (Lipinski definition) is 0. The molecule has 3 aromatic rings. The fraction of sp³-hybridized carbons (Fsp3) is 0.355. The SMILES string of the molecule is COc1cc([C@@H]2[C@H]3CN(C(C)=O)[C@@H](Cc4ccccc4)CN3C(=O)[C@@]23O[C@H]3c2ccccc2)cc2c1OCO2. The second-order valence-electron chi connectivity index (χ2n) is 10.7. The van der Waals surface area contributed by atoms with Gasteiger partial charge >= 0.3 is 0 Å². The minimum atomic E-state index is -1.06. The highest BCUT2D eigenvalue weighted by Gasteiger charge is 2.76. The second kappa shape index (κ2) is 9.02. The molecule has 0 saturated carbocycles. The maximum Gasteiger partial charge on any atom is 0.259 e. The van der Waals surface area contributed by atoms with Crippen LogP contribution in [0, 0.1) is 0 Å². The van der Waals surface area contributed by atoms with Gasteiger partial charge in [-0.25, -0.2) is 0 Å². The van der Waals surface area contributed by atoms with Gasteiger partial charge in [0.15, 0.2) is 17.1 Å². The van der Waals surface area contributed by atoms with E-state index in [0.29, 0.717) is 36.8 Å². The number of piperazine rings is 1. The summed E-state index contributed by atoms with van der Waals surface area (Å²) in [5, 5.41) is 0. The molecule has 3 aromatic carbocycles. The van der Waals surface area contributed by atoms with Crippen molar-refractivity contribution in [2.24, 2.45) is 0 Å². The minimum Gasteiger partial charge on any atom is -0.493 e. The third-order valence-electron chi connectivity index (χ3n) is 8.58. The predicted octanol–water partition coefficient (Wildman–Crippen LogP) is 3.70. The number of methoxy groups -OCH3 is 1. The Hall–Kier alpha value is -4.04. The van der Waals surface area contributed by atoms with E-state index in [-0.39, 0.29) is 42.7 Å². The van der Waals surface area contributed by atoms with Crippen LogP contribution in [0.5, 0.6) is 17.2 Å². The van der Waals surface area contributed by atoms with Crippen LogP contribution in [0.15, 0.2) is 72.8 Å². The number of carbonyl (C=O) groups is 2. The molecule has 200 valence electrons. The lowest BCUT2D eigenvalue weighted by Crippen LogP contribution is -2.59. The van der Waals surface area contributed by atoms with Crippen LogP contribution in [-0.2, 0) is 20.7 Å². The number of epoxide rings is 1. The highest BCUT2D eigenvalue weighted by molar-refractivity contribution is 5.94. The van der Waals surface area contributed by atoms with Gasteiger partial charge in [0.2, 0.25) is 18.4 Å². The van der Waals surface area contributed by atoms with Crippen molar-refractivity contribution in [3.8, 4) is 17.2 Å². The van der Waals surface area contributed by atoms with Crippen molar-refractivity contribution in [3.63, 3.8) is 0 Å². The number of benzene rings is 3. The molecule has 0 bridgehead atoms. The van der Waals surface area contributed by atoms with Gasteiger partial charge in [0.1, 0.15) is 6.10 Å². The molecule has 0 unspecified atom stereocenters. The lowest BCUT2D eigenvalue weighted by atomic mass is 9.79. The molecule has 0 aromatic heterocycles. The second-order valence-corrected chi connectivity index (χ2v) is 10.7. The molecule has 2 amide bonds. The van der Waals surface area contributed by atoms with Crippen LogP contribution < -0.4 is 14.2 Å². The van der Waals surface area contributed by atoms with Crippen LogP contribution in [0.25, 0.3) is 0 Å². The summed E-state index contributed by atoms with van der Waals surface area (Å²) in [7, 11) is 1.59. The summed E-state index contributed by atoms with van der Waals surface area (Å²) in [5.41, 5.74) is 1.91. The van der Waals surface area contributed by atoms with Crippen molar-refractivity contribution in [2.75, 3.05) is 27.0 Å². The fourth-order valence-electron chi connectivity index (χ4n) is 6.82. The summed E-state index contributed by atoms with van der Waals surface area (Å²) in [5.74, 6) is 1.34. The van der Waals surface area contributed by atoms with E-state index in [0.717, 1.165) is 16.7 Å². The summed E-state index contributed by atoms with van der Waals surface area (Å²) >= 11 is 0. The molecule has 39 heavy (non-hydrogen) atoms. The average Bonchev–Trinajstić information content (AvgIpc) is 3.42. The Bertz CT molecular complexity index is 1430. The van der Waals surface area contributed by atoms with Crippen molar-refractivity contribution < 1.29 is 28.5 Å². The number of amides is 2. The highest BCUT2D eigenvalue weighted by atomic mass is 16.7. The van der Waals surface area contributed by atoms with E-state index in [1.165, 1.54) is 0 Å². The van der Waals surface area contributed by atoms with Crippen LogP contribution in [-0.4, -0.2) is 66.3 Å². The fourth-order valence-corrected chi connectivity index (χ4v) is 6.82. The summed E-state index contributed by atoms with van der Waals surface area (Å²) in [4.78, 5) is 31.2.